The van der Waals surface area contributed by atoms with Crippen molar-refractivity contribution in [3.8, 4) is 0 Å². The molecule has 2 aromatic carbocycles. The maximum absolute atomic E-state index is 3.65. The number of hydrogen-bond acceptors (Lipinski definition) is 1. The highest BCUT2D eigenvalue weighted by Gasteiger charge is 2.12. The highest BCUT2D eigenvalue weighted by molar-refractivity contribution is 5.35. The van der Waals surface area contributed by atoms with Gasteiger partial charge in [-0.25, -0.2) is 0 Å². The Kier molecular flexibility index (Phi) is 4.72. The molecule has 0 fully saturated rings. The van der Waals surface area contributed by atoms with Crippen molar-refractivity contribution in [3.63, 3.8) is 0 Å². The quantitative estimate of drug-likeness (QED) is 0.852. The Balaban J connectivity index is 1.56. The molecule has 0 amide bonds. The smallest absolute Gasteiger partial charge is 0.0292 e. The summed E-state index contributed by atoms with van der Waals surface area (Å²) in [6.07, 6.45) is 6.34. The van der Waals surface area contributed by atoms with E-state index in [-0.39, 0.29) is 0 Å². The van der Waals surface area contributed by atoms with E-state index in [1.54, 1.807) is 11.1 Å². The van der Waals surface area contributed by atoms with Crippen LogP contribution in [0.3, 0.4) is 0 Å². The van der Waals surface area contributed by atoms with Crippen LogP contribution < -0.4 is 5.32 Å². The number of hydrogen-bond donors (Lipinski definition) is 1. The van der Waals surface area contributed by atoms with Crippen molar-refractivity contribution in [2.45, 2.75) is 45.1 Å². The zero-order chi connectivity index (χ0) is 14.5. The van der Waals surface area contributed by atoms with Gasteiger partial charge < -0.3 is 5.32 Å². The standard InChI is InChI=1S/C20H25N/c1-16(21-14-13-17-7-3-2-4-8-17)19-12-11-18-9-5-6-10-20(18)15-19/h2-4,7-8,11-12,15-16,21H,5-6,9-10,13-14H2,1H3. The zero-order valence-corrected chi connectivity index (χ0v) is 12.9. The Hall–Kier alpha value is -1.60. The minimum absolute atomic E-state index is 0.431. The molecule has 2 aromatic rings. The molecule has 110 valence electrons. The number of benzene rings is 2. The fourth-order valence-electron chi connectivity index (χ4n) is 3.22. The summed E-state index contributed by atoms with van der Waals surface area (Å²) in [5.74, 6) is 0. The zero-order valence-electron chi connectivity index (χ0n) is 12.9. The fraction of sp³-hybridized carbons (Fsp3) is 0.400. The molecule has 1 unspecified atom stereocenters. The van der Waals surface area contributed by atoms with Crippen LogP contribution >= 0.6 is 0 Å². The molecule has 1 aliphatic carbocycles. The largest absolute Gasteiger partial charge is 0.310 e. The monoisotopic (exact) mass is 279 g/mol. The molecule has 1 heteroatoms. The number of nitrogens with one attached hydrogen (secondary N) is 1. The molecule has 0 bridgehead atoms. The molecular weight excluding hydrogens is 254 g/mol. The van der Waals surface area contributed by atoms with Crippen LogP contribution in [0.2, 0.25) is 0 Å². The van der Waals surface area contributed by atoms with Crippen LogP contribution in [-0.2, 0) is 19.3 Å². The van der Waals surface area contributed by atoms with Crippen molar-refractivity contribution in [3.05, 3.63) is 70.8 Å². The first kappa shape index (κ1) is 14.3. The molecule has 21 heavy (non-hydrogen) atoms. The number of rotatable bonds is 5. The van der Waals surface area contributed by atoms with Crippen LogP contribution in [0.5, 0.6) is 0 Å². The van der Waals surface area contributed by atoms with Crippen molar-refractivity contribution in [2.75, 3.05) is 6.54 Å². The molecule has 0 radical (unpaired) electrons. The van der Waals surface area contributed by atoms with E-state index in [0.29, 0.717) is 6.04 Å². The normalized spacial score (nSPS) is 15.5. The second kappa shape index (κ2) is 6.91. The first-order chi connectivity index (χ1) is 10.3. The van der Waals surface area contributed by atoms with Gasteiger partial charge in [-0.15, -0.1) is 0 Å². The van der Waals surface area contributed by atoms with E-state index in [4.69, 9.17) is 0 Å². The average molecular weight is 279 g/mol. The molecule has 1 nitrogen and oxygen atoms in total. The van der Waals surface area contributed by atoms with Crippen LogP contribution in [0.1, 0.15) is 48.1 Å². The summed E-state index contributed by atoms with van der Waals surface area (Å²) in [7, 11) is 0. The summed E-state index contributed by atoms with van der Waals surface area (Å²) >= 11 is 0. The van der Waals surface area contributed by atoms with Gasteiger partial charge in [0.15, 0.2) is 0 Å². The molecule has 0 spiro atoms. The molecule has 0 aromatic heterocycles. The molecule has 3 rings (SSSR count). The Labute approximate surface area is 128 Å². The Bertz CT molecular complexity index is 574. The summed E-state index contributed by atoms with van der Waals surface area (Å²) in [4.78, 5) is 0. The van der Waals surface area contributed by atoms with Crippen molar-refractivity contribution < 1.29 is 0 Å². The minimum Gasteiger partial charge on any atom is -0.310 e. The Morgan fingerprint density at radius 1 is 0.952 bits per heavy atom. The molecular formula is C20H25N. The third-order valence-corrected chi connectivity index (χ3v) is 4.58. The van der Waals surface area contributed by atoms with Crippen molar-refractivity contribution in [1.29, 1.82) is 0 Å². The van der Waals surface area contributed by atoms with Gasteiger partial charge in [-0.05, 0) is 67.8 Å². The highest BCUT2D eigenvalue weighted by atomic mass is 14.9. The summed E-state index contributed by atoms with van der Waals surface area (Å²) < 4.78 is 0. The van der Waals surface area contributed by atoms with E-state index in [1.165, 1.54) is 36.8 Å². The van der Waals surface area contributed by atoms with E-state index in [1.807, 2.05) is 0 Å². The van der Waals surface area contributed by atoms with Gasteiger partial charge in [0, 0.05) is 6.04 Å². The van der Waals surface area contributed by atoms with Crippen LogP contribution in [0.4, 0.5) is 0 Å². The molecule has 1 aliphatic rings. The van der Waals surface area contributed by atoms with Crippen molar-refractivity contribution >= 4 is 0 Å². The SMILES string of the molecule is CC(NCCc1ccccc1)c1ccc2c(c1)CCCC2. The first-order valence-electron chi connectivity index (χ1n) is 8.22. The lowest BCUT2D eigenvalue weighted by Crippen LogP contribution is -2.21. The van der Waals surface area contributed by atoms with Gasteiger partial charge in [0.25, 0.3) is 0 Å². The number of aryl methyl sites for hydroxylation is 2. The lowest BCUT2D eigenvalue weighted by atomic mass is 9.89. The maximum atomic E-state index is 3.65. The third kappa shape index (κ3) is 3.74. The van der Waals surface area contributed by atoms with Crippen LogP contribution in [-0.4, -0.2) is 6.54 Å². The van der Waals surface area contributed by atoms with Crippen molar-refractivity contribution in [2.24, 2.45) is 0 Å². The second-order valence-corrected chi connectivity index (χ2v) is 6.15. The highest BCUT2D eigenvalue weighted by Crippen LogP contribution is 2.24. The second-order valence-electron chi connectivity index (χ2n) is 6.15. The fourth-order valence-corrected chi connectivity index (χ4v) is 3.22. The van der Waals surface area contributed by atoms with Gasteiger partial charge in [-0.2, -0.15) is 0 Å². The van der Waals surface area contributed by atoms with Gasteiger partial charge >= 0.3 is 0 Å². The van der Waals surface area contributed by atoms with E-state index < -0.39 is 0 Å². The van der Waals surface area contributed by atoms with Gasteiger partial charge in [-0.1, -0.05) is 48.5 Å². The Morgan fingerprint density at radius 2 is 1.71 bits per heavy atom. The van der Waals surface area contributed by atoms with E-state index in [9.17, 15) is 0 Å². The van der Waals surface area contributed by atoms with E-state index >= 15 is 0 Å². The van der Waals surface area contributed by atoms with Crippen LogP contribution in [0.25, 0.3) is 0 Å². The van der Waals surface area contributed by atoms with Crippen LogP contribution in [0.15, 0.2) is 48.5 Å². The summed E-state index contributed by atoms with van der Waals surface area (Å²) in [5.41, 5.74) is 5.99. The summed E-state index contributed by atoms with van der Waals surface area (Å²) in [6.45, 7) is 3.30. The third-order valence-electron chi connectivity index (χ3n) is 4.58. The van der Waals surface area contributed by atoms with Crippen molar-refractivity contribution in [1.82, 2.24) is 5.32 Å². The Morgan fingerprint density at radius 3 is 2.52 bits per heavy atom. The van der Waals surface area contributed by atoms with Gasteiger partial charge in [0.2, 0.25) is 0 Å². The first-order valence-corrected chi connectivity index (χ1v) is 8.22. The topological polar surface area (TPSA) is 12.0 Å². The minimum atomic E-state index is 0.431. The predicted molar refractivity (Wildman–Crippen MR) is 89.6 cm³/mol. The summed E-state index contributed by atoms with van der Waals surface area (Å²) in [5, 5.41) is 3.65. The van der Waals surface area contributed by atoms with Crippen LogP contribution in [0, 0.1) is 0 Å². The van der Waals surface area contributed by atoms with Gasteiger partial charge in [0.05, 0.1) is 0 Å². The molecule has 0 saturated heterocycles. The predicted octanol–water partition coefficient (Wildman–Crippen LogP) is 4.46. The average Bonchev–Trinajstić information content (AvgIpc) is 2.55. The molecule has 0 saturated carbocycles. The molecule has 0 aliphatic heterocycles. The molecule has 1 N–H and O–H groups in total. The molecule has 0 heterocycles. The number of fused-ring (bicyclic) bond motifs is 1. The lowest BCUT2D eigenvalue weighted by Gasteiger charge is -2.20. The van der Waals surface area contributed by atoms with Gasteiger partial charge in [-0.3, -0.25) is 0 Å². The van der Waals surface area contributed by atoms with E-state index in [2.05, 4.69) is 60.8 Å². The molecule has 1 atom stereocenters. The van der Waals surface area contributed by atoms with Gasteiger partial charge in [0.1, 0.15) is 0 Å². The lowest BCUT2D eigenvalue weighted by molar-refractivity contribution is 0.574. The maximum Gasteiger partial charge on any atom is 0.0292 e. The van der Waals surface area contributed by atoms with E-state index in [0.717, 1.165) is 13.0 Å². The summed E-state index contributed by atoms with van der Waals surface area (Å²) in [6, 6.07) is 18.2.